The van der Waals surface area contributed by atoms with Gasteiger partial charge in [0.05, 0.1) is 11.9 Å². The van der Waals surface area contributed by atoms with Crippen LogP contribution < -0.4 is 10.2 Å². The van der Waals surface area contributed by atoms with E-state index in [0.717, 1.165) is 56.9 Å². The van der Waals surface area contributed by atoms with Crippen molar-refractivity contribution in [3.8, 4) is 0 Å². The Hall–Kier alpha value is -3.29. The maximum atomic E-state index is 12.4. The zero-order valence-corrected chi connectivity index (χ0v) is 21.8. The van der Waals surface area contributed by atoms with Gasteiger partial charge in [-0.1, -0.05) is 36.4 Å². The van der Waals surface area contributed by atoms with Crippen molar-refractivity contribution in [1.82, 2.24) is 25.1 Å². The summed E-state index contributed by atoms with van der Waals surface area (Å²) in [7, 11) is 0. The lowest BCUT2D eigenvalue weighted by molar-refractivity contribution is 0.0917. The van der Waals surface area contributed by atoms with E-state index in [1.165, 1.54) is 18.4 Å². The number of nitrogens with one attached hydrogen (secondary N) is 1. The average Bonchev–Trinajstić information content (AvgIpc) is 3.23. The molecule has 37 heavy (non-hydrogen) atoms. The lowest BCUT2D eigenvalue weighted by Crippen LogP contribution is -2.46. The summed E-state index contributed by atoms with van der Waals surface area (Å²) in [5.41, 5.74) is 3.99. The molecule has 7 nitrogen and oxygen atoms in total. The number of amides is 1. The first kappa shape index (κ1) is 25.4. The van der Waals surface area contributed by atoms with E-state index < -0.39 is 0 Å². The molecule has 0 aliphatic carbocycles. The zero-order chi connectivity index (χ0) is 25.5. The number of rotatable bonds is 7. The highest BCUT2D eigenvalue weighted by atomic mass is 16.1. The van der Waals surface area contributed by atoms with Gasteiger partial charge in [-0.25, -0.2) is 0 Å². The summed E-state index contributed by atoms with van der Waals surface area (Å²) in [6.07, 6.45) is 9.05. The van der Waals surface area contributed by atoms with Crippen LogP contribution in [0.4, 0.5) is 5.69 Å². The van der Waals surface area contributed by atoms with Crippen molar-refractivity contribution < 1.29 is 4.79 Å². The number of carbonyl (C=O) groups excluding carboxylic acids is 1. The van der Waals surface area contributed by atoms with Gasteiger partial charge in [-0.3, -0.25) is 24.6 Å². The number of hydrogen-bond acceptors (Lipinski definition) is 6. The first-order valence-electron chi connectivity index (χ1n) is 13.6. The highest BCUT2D eigenvalue weighted by Gasteiger charge is 2.28. The van der Waals surface area contributed by atoms with Gasteiger partial charge < -0.3 is 10.2 Å². The van der Waals surface area contributed by atoms with Crippen LogP contribution >= 0.6 is 0 Å². The van der Waals surface area contributed by atoms with Gasteiger partial charge in [0.2, 0.25) is 0 Å². The maximum absolute atomic E-state index is 12.4. The normalized spacial score (nSPS) is 18.8. The number of piperidine rings is 1. The van der Waals surface area contributed by atoms with Crippen LogP contribution in [-0.4, -0.2) is 71.0 Å². The summed E-state index contributed by atoms with van der Waals surface area (Å²) >= 11 is 0. The summed E-state index contributed by atoms with van der Waals surface area (Å²) in [5, 5.41) is 2.96. The third-order valence-electron chi connectivity index (χ3n) is 7.87. The number of carbonyl (C=O) groups is 1. The molecule has 2 aliphatic heterocycles. The minimum absolute atomic E-state index is 0.166. The second-order valence-corrected chi connectivity index (χ2v) is 10.2. The standard InChI is InChI=1S/C30H38N6O/c1-24(26-8-3-2-4-9-26)34-16-11-27(12-17-34)35-14-7-15-36(19-18-35)28-20-25(21-31-23-28)22-33-30(37)29-10-5-6-13-32-29/h2-6,8-10,13,20-21,23-24,27H,7,11-12,14-19,22H2,1H3,(H,33,37)/t24-/m1/s1. The predicted molar refractivity (Wildman–Crippen MR) is 147 cm³/mol. The highest BCUT2D eigenvalue weighted by molar-refractivity contribution is 5.92. The molecule has 1 aromatic carbocycles. The number of likely N-dealkylation sites (tertiary alicyclic amines) is 1. The third kappa shape index (κ3) is 6.53. The smallest absolute Gasteiger partial charge is 0.270 e. The average molecular weight is 499 g/mol. The second-order valence-electron chi connectivity index (χ2n) is 10.2. The number of hydrogen-bond donors (Lipinski definition) is 1. The molecular formula is C30H38N6O. The quantitative estimate of drug-likeness (QED) is 0.528. The third-order valence-corrected chi connectivity index (χ3v) is 7.87. The fourth-order valence-corrected chi connectivity index (χ4v) is 5.65. The number of pyridine rings is 2. The molecule has 0 radical (unpaired) electrons. The van der Waals surface area contributed by atoms with E-state index in [1.54, 1.807) is 12.3 Å². The predicted octanol–water partition coefficient (Wildman–Crippen LogP) is 4.14. The van der Waals surface area contributed by atoms with Gasteiger partial charge in [0.1, 0.15) is 5.69 Å². The Morgan fingerprint density at radius 1 is 0.973 bits per heavy atom. The van der Waals surface area contributed by atoms with Crippen LogP contribution in [0, 0.1) is 0 Å². The summed E-state index contributed by atoms with van der Waals surface area (Å²) in [5.74, 6) is -0.166. The van der Waals surface area contributed by atoms with Crippen molar-refractivity contribution in [2.24, 2.45) is 0 Å². The molecule has 194 valence electrons. The highest BCUT2D eigenvalue weighted by Crippen LogP contribution is 2.27. The number of nitrogens with zero attached hydrogens (tertiary/aromatic N) is 5. The summed E-state index contributed by atoms with van der Waals surface area (Å²) < 4.78 is 0. The Kier molecular flexibility index (Phi) is 8.43. The maximum Gasteiger partial charge on any atom is 0.270 e. The molecular weight excluding hydrogens is 460 g/mol. The molecule has 5 rings (SSSR count). The van der Waals surface area contributed by atoms with Crippen LogP contribution in [0.2, 0.25) is 0 Å². The fourth-order valence-electron chi connectivity index (χ4n) is 5.65. The molecule has 2 aliphatic rings. The van der Waals surface area contributed by atoms with Crippen molar-refractivity contribution in [1.29, 1.82) is 0 Å². The number of aromatic nitrogens is 2. The van der Waals surface area contributed by atoms with Crippen LogP contribution in [0.25, 0.3) is 0 Å². The summed E-state index contributed by atoms with van der Waals surface area (Å²) in [4.78, 5) is 28.8. The second kappa shape index (κ2) is 12.3. The van der Waals surface area contributed by atoms with Gasteiger partial charge in [-0.05, 0) is 55.5 Å². The van der Waals surface area contributed by atoms with Crippen LogP contribution in [0.1, 0.15) is 53.8 Å². The van der Waals surface area contributed by atoms with E-state index in [2.05, 4.69) is 73.3 Å². The minimum Gasteiger partial charge on any atom is -0.369 e. The lowest BCUT2D eigenvalue weighted by Gasteiger charge is -2.40. The Morgan fingerprint density at radius 3 is 2.57 bits per heavy atom. The van der Waals surface area contributed by atoms with Gasteiger partial charge in [0, 0.05) is 70.3 Å². The van der Waals surface area contributed by atoms with Gasteiger partial charge >= 0.3 is 0 Å². The van der Waals surface area contributed by atoms with Crippen LogP contribution in [0.3, 0.4) is 0 Å². The summed E-state index contributed by atoms with van der Waals surface area (Å²) in [6.45, 7) is 9.39. The van der Waals surface area contributed by atoms with Crippen molar-refractivity contribution in [2.45, 2.75) is 44.8 Å². The van der Waals surface area contributed by atoms with Crippen molar-refractivity contribution in [2.75, 3.05) is 44.2 Å². The zero-order valence-electron chi connectivity index (χ0n) is 21.8. The monoisotopic (exact) mass is 498 g/mol. The van der Waals surface area contributed by atoms with Crippen molar-refractivity contribution in [3.63, 3.8) is 0 Å². The van der Waals surface area contributed by atoms with Crippen LogP contribution in [0.15, 0.2) is 73.2 Å². The van der Waals surface area contributed by atoms with Gasteiger partial charge in [0.25, 0.3) is 5.91 Å². The molecule has 2 aromatic heterocycles. The molecule has 2 saturated heterocycles. The molecule has 0 bridgehead atoms. The molecule has 2 fully saturated rings. The molecule has 1 amide bonds. The van der Waals surface area contributed by atoms with Crippen molar-refractivity contribution >= 4 is 11.6 Å². The summed E-state index contributed by atoms with van der Waals surface area (Å²) in [6, 6.07) is 19.5. The SMILES string of the molecule is C[C@H](c1ccccc1)N1CCC(N2CCCN(c3cncc(CNC(=O)c4ccccn4)c3)CC2)CC1. The number of anilines is 1. The first-order chi connectivity index (χ1) is 18.2. The lowest BCUT2D eigenvalue weighted by atomic mass is 9.99. The van der Waals surface area contributed by atoms with Crippen molar-refractivity contribution in [3.05, 3.63) is 90.0 Å². The molecule has 3 aromatic rings. The fraction of sp³-hybridized carbons (Fsp3) is 0.433. The molecule has 1 N–H and O–H groups in total. The molecule has 0 saturated carbocycles. The van der Waals surface area contributed by atoms with E-state index in [4.69, 9.17) is 0 Å². The Morgan fingerprint density at radius 2 is 1.78 bits per heavy atom. The van der Waals surface area contributed by atoms with Gasteiger partial charge in [0.15, 0.2) is 0 Å². The van der Waals surface area contributed by atoms with Gasteiger partial charge in [-0.15, -0.1) is 0 Å². The first-order valence-corrected chi connectivity index (χ1v) is 13.6. The Balaban J connectivity index is 1.12. The van der Waals surface area contributed by atoms with E-state index in [9.17, 15) is 4.79 Å². The largest absolute Gasteiger partial charge is 0.369 e. The molecule has 0 spiro atoms. The van der Waals surface area contributed by atoms with Gasteiger partial charge in [-0.2, -0.15) is 0 Å². The number of benzene rings is 1. The Bertz CT molecular complexity index is 1130. The topological polar surface area (TPSA) is 64.6 Å². The molecule has 0 unspecified atom stereocenters. The van der Waals surface area contributed by atoms with E-state index in [-0.39, 0.29) is 5.91 Å². The minimum atomic E-state index is -0.166. The van der Waals surface area contributed by atoms with E-state index in [0.29, 0.717) is 24.3 Å². The van der Waals surface area contributed by atoms with Crippen LogP contribution in [0.5, 0.6) is 0 Å². The molecule has 7 heteroatoms. The van der Waals surface area contributed by atoms with E-state index in [1.807, 2.05) is 24.5 Å². The molecule has 4 heterocycles. The van der Waals surface area contributed by atoms with Crippen LogP contribution in [-0.2, 0) is 6.54 Å². The van der Waals surface area contributed by atoms with E-state index >= 15 is 0 Å². The Labute approximate surface area is 220 Å². The molecule has 1 atom stereocenters.